The monoisotopic (exact) mass is 197 g/mol. The van der Waals surface area contributed by atoms with E-state index in [1.807, 2.05) is 0 Å². The fourth-order valence-electron chi connectivity index (χ4n) is 1.24. The first-order valence-corrected chi connectivity index (χ1v) is 4.93. The highest BCUT2D eigenvalue weighted by Gasteiger charge is 2.20. The first kappa shape index (κ1) is 8.75. The summed E-state index contributed by atoms with van der Waals surface area (Å²) in [5.41, 5.74) is 0. The Morgan fingerprint density at radius 2 is 2.38 bits per heavy atom. The van der Waals surface area contributed by atoms with E-state index < -0.39 is 0 Å². The Labute approximate surface area is 82.5 Å². The first-order valence-electron chi connectivity index (χ1n) is 4.55. The Balaban J connectivity index is 1.82. The molecule has 4 heteroatoms. The lowest BCUT2D eigenvalue weighted by molar-refractivity contribution is 0.758. The topological polar surface area (TPSA) is 37.8 Å². The van der Waals surface area contributed by atoms with Crippen LogP contribution in [0.25, 0.3) is 0 Å². The highest BCUT2D eigenvalue weighted by molar-refractivity contribution is 6.32. The Kier molecular flexibility index (Phi) is 2.64. The van der Waals surface area contributed by atoms with E-state index in [2.05, 4.69) is 15.3 Å². The van der Waals surface area contributed by atoms with Gasteiger partial charge in [-0.3, -0.25) is 0 Å². The lowest BCUT2D eigenvalue weighted by atomic mass is 10.3. The zero-order chi connectivity index (χ0) is 9.10. The molecule has 1 fully saturated rings. The average molecular weight is 198 g/mol. The smallest absolute Gasteiger partial charge is 0.148 e. The van der Waals surface area contributed by atoms with Gasteiger partial charge in [0.2, 0.25) is 0 Å². The maximum atomic E-state index is 5.87. The molecule has 70 valence electrons. The van der Waals surface area contributed by atoms with Gasteiger partial charge in [0.1, 0.15) is 17.2 Å². The van der Waals surface area contributed by atoms with Crippen LogP contribution < -0.4 is 5.32 Å². The van der Waals surface area contributed by atoms with E-state index in [9.17, 15) is 0 Å². The summed E-state index contributed by atoms with van der Waals surface area (Å²) in [5.74, 6) is 1.69. The van der Waals surface area contributed by atoms with Crippen LogP contribution in [-0.4, -0.2) is 16.5 Å². The minimum Gasteiger partial charge on any atom is -0.369 e. The molecule has 0 saturated heterocycles. The minimum absolute atomic E-state index is 0.596. The largest absolute Gasteiger partial charge is 0.369 e. The van der Waals surface area contributed by atoms with Crippen LogP contribution in [0.1, 0.15) is 19.3 Å². The SMILES string of the molecule is Clc1cncnc1NCCC1CC1. The molecular formula is C9H12ClN3. The number of hydrogen-bond acceptors (Lipinski definition) is 3. The highest BCUT2D eigenvalue weighted by Crippen LogP contribution is 2.32. The molecule has 3 nitrogen and oxygen atoms in total. The number of hydrogen-bond donors (Lipinski definition) is 1. The summed E-state index contributed by atoms with van der Waals surface area (Å²) in [4.78, 5) is 7.86. The molecule has 2 rings (SSSR count). The summed E-state index contributed by atoms with van der Waals surface area (Å²) >= 11 is 5.87. The second kappa shape index (κ2) is 3.92. The molecule has 0 spiro atoms. The third kappa shape index (κ3) is 2.56. The summed E-state index contributed by atoms with van der Waals surface area (Å²) in [5, 5.41) is 3.80. The number of nitrogens with one attached hydrogen (secondary N) is 1. The van der Waals surface area contributed by atoms with Gasteiger partial charge in [0.25, 0.3) is 0 Å². The maximum absolute atomic E-state index is 5.87. The molecule has 1 aromatic rings. The number of nitrogens with zero attached hydrogens (tertiary/aromatic N) is 2. The van der Waals surface area contributed by atoms with E-state index in [-0.39, 0.29) is 0 Å². The van der Waals surface area contributed by atoms with Crippen LogP contribution in [0.2, 0.25) is 5.02 Å². The molecular weight excluding hydrogens is 186 g/mol. The van der Waals surface area contributed by atoms with Gasteiger partial charge < -0.3 is 5.32 Å². The van der Waals surface area contributed by atoms with Crippen LogP contribution in [0.4, 0.5) is 5.82 Å². The van der Waals surface area contributed by atoms with Crippen molar-refractivity contribution < 1.29 is 0 Å². The summed E-state index contributed by atoms with van der Waals surface area (Å²) in [6.45, 7) is 0.960. The van der Waals surface area contributed by atoms with E-state index in [4.69, 9.17) is 11.6 Å². The van der Waals surface area contributed by atoms with Crippen molar-refractivity contribution in [1.29, 1.82) is 0 Å². The highest BCUT2D eigenvalue weighted by atomic mass is 35.5. The molecule has 1 N–H and O–H groups in total. The predicted octanol–water partition coefficient (Wildman–Crippen LogP) is 2.34. The molecule has 0 atom stereocenters. The summed E-state index contributed by atoms with van der Waals surface area (Å²) in [7, 11) is 0. The van der Waals surface area contributed by atoms with Crippen LogP contribution in [0, 0.1) is 5.92 Å². The Morgan fingerprint density at radius 3 is 3.08 bits per heavy atom. The van der Waals surface area contributed by atoms with Crippen molar-refractivity contribution in [3.63, 3.8) is 0 Å². The van der Waals surface area contributed by atoms with E-state index in [1.165, 1.54) is 25.6 Å². The van der Waals surface area contributed by atoms with Gasteiger partial charge in [-0.1, -0.05) is 24.4 Å². The Morgan fingerprint density at radius 1 is 1.54 bits per heavy atom. The summed E-state index contributed by atoms with van der Waals surface area (Å²) < 4.78 is 0. The molecule has 0 radical (unpaired) electrons. The normalized spacial score (nSPS) is 15.8. The van der Waals surface area contributed by atoms with Gasteiger partial charge in [-0.2, -0.15) is 0 Å². The molecule has 0 amide bonds. The molecule has 1 heterocycles. The lowest BCUT2D eigenvalue weighted by Crippen LogP contribution is -2.04. The second-order valence-corrected chi connectivity index (χ2v) is 3.79. The molecule has 1 aliphatic rings. The molecule has 0 bridgehead atoms. The number of rotatable bonds is 4. The van der Waals surface area contributed by atoms with Crippen molar-refractivity contribution in [2.24, 2.45) is 5.92 Å². The van der Waals surface area contributed by atoms with Crippen LogP contribution in [0.15, 0.2) is 12.5 Å². The molecule has 0 unspecified atom stereocenters. The summed E-state index contributed by atoms with van der Waals surface area (Å²) in [6.07, 6.45) is 7.11. The molecule has 1 saturated carbocycles. The molecule has 0 aliphatic heterocycles. The third-order valence-electron chi connectivity index (χ3n) is 2.21. The van der Waals surface area contributed by atoms with Crippen LogP contribution in [0.3, 0.4) is 0 Å². The van der Waals surface area contributed by atoms with Crippen molar-refractivity contribution in [1.82, 2.24) is 9.97 Å². The zero-order valence-corrected chi connectivity index (χ0v) is 8.09. The van der Waals surface area contributed by atoms with Crippen LogP contribution >= 0.6 is 11.6 Å². The van der Waals surface area contributed by atoms with Gasteiger partial charge in [-0.05, 0) is 12.3 Å². The van der Waals surface area contributed by atoms with Crippen molar-refractivity contribution >= 4 is 17.4 Å². The van der Waals surface area contributed by atoms with E-state index in [1.54, 1.807) is 6.20 Å². The number of anilines is 1. The van der Waals surface area contributed by atoms with Crippen molar-refractivity contribution in [3.05, 3.63) is 17.5 Å². The Bertz CT molecular complexity index is 286. The average Bonchev–Trinajstić information content (AvgIpc) is 2.92. The van der Waals surface area contributed by atoms with Crippen molar-refractivity contribution in [3.8, 4) is 0 Å². The van der Waals surface area contributed by atoms with Crippen LogP contribution in [-0.2, 0) is 0 Å². The van der Waals surface area contributed by atoms with E-state index >= 15 is 0 Å². The maximum Gasteiger partial charge on any atom is 0.148 e. The second-order valence-electron chi connectivity index (χ2n) is 3.38. The van der Waals surface area contributed by atoms with Gasteiger partial charge in [0.15, 0.2) is 0 Å². The van der Waals surface area contributed by atoms with Gasteiger partial charge in [-0.15, -0.1) is 0 Å². The van der Waals surface area contributed by atoms with Gasteiger partial charge in [0.05, 0.1) is 6.20 Å². The van der Waals surface area contributed by atoms with Crippen molar-refractivity contribution in [2.75, 3.05) is 11.9 Å². The first-order chi connectivity index (χ1) is 6.36. The van der Waals surface area contributed by atoms with E-state index in [0.29, 0.717) is 5.02 Å². The van der Waals surface area contributed by atoms with Crippen molar-refractivity contribution in [2.45, 2.75) is 19.3 Å². The number of halogens is 1. The van der Waals surface area contributed by atoms with Gasteiger partial charge in [0, 0.05) is 6.54 Å². The molecule has 0 aromatic carbocycles. The minimum atomic E-state index is 0.596. The quantitative estimate of drug-likeness (QED) is 0.805. The van der Waals surface area contributed by atoms with Gasteiger partial charge in [-0.25, -0.2) is 9.97 Å². The van der Waals surface area contributed by atoms with Gasteiger partial charge >= 0.3 is 0 Å². The fraction of sp³-hybridized carbons (Fsp3) is 0.556. The molecule has 13 heavy (non-hydrogen) atoms. The Hall–Kier alpha value is -0.830. The lowest BCUT2D eigenvalue weighted by Gasteiger charge is -2.04. The number of aromatic nitrogens is 2. The third-order valence-corrected chi connectivity index (χ3v) is 2.49. The zero-order valence-electron chi connectivity index (χ0n) is 7.33. The predicted molar refractivity (Wildman–Crippen MR) is 52.9 cm³/mol. The standard InChI is InChI=1S/C9H12ClN3/c10-8-5-11-6-13-9(8)12-4-3-7-1-2-7/h5-7H,1-4H2,(H,11,12,13). The molecule has 1 aliphatic carbocycles. The molecule has 1 aromatic heterocycles. The summed E-state index contributed by atoms with van der Waals surface area (Å²) in [6, 6.07) is 0. The van der Waals surface area contributed by atoms with Crippen LogP contribution in [0.5, 0.6) is 0 Å². The fourth-order valence-corrected chi connectivity index (χ4v) is 1.42. The van der Waals surface area contributed by atoms with E-state index in [0.717, 1.165) is 18.3 Å².